The third-order valence-electron chi connectivity index (χ3n) is 1.33. The van der Waals surface area contributed by atoms with Crippen molar-refractivity contribution in [2.45, 2.75) is 6.54 Å². The van der Waals surface area contributed by atoms with Crippen LogP contribution in [0.2, 0.25) is 0 Å². The molecule has 1 rings (SSSR count). The Balaban J connectivity index is 2.22. The molecule has 0 fully saturated rings. The van der Waals surface area contributed by atoms with Crippen LogP contribution in [-0.4, -0.2) is 27.8 Å². The number of nitrogens with one attached hydrogen (secondary N) is 1. The molecule has 6 nitrogen and oxygen atoms in total. The molecule has 0 aromatic carbocycles. The van der Waals surface area contributed by atoms with Crippen molar-refractivity contribution in [1.82, 2.24) is 15.5 Å². The van der Waals surface area contributed by atoms with Gasteiger partial charge in [0.15, 0.2) is 5.82 Å². The minimum atomic E-state index is -1.01. The standard InChI is InChI=1S/C7H9N3O3/c1-5(7(11)12)2-8-3-6-9-4-13-10-6/h4,8H,1-3H2,(H,11,12). The molecule has 0 amide bonds. The number of hydrogen-bond donors (Lipinski definition) is 2. The summed E-state index contributed by atoms with van der Waals surface area (Å²) in [7, 11) is 0. The molecule has 0 spiro atoms. The van der Waals surface area contributed by atoms with Gasteiger partial charge < -0.3 is 14.9 Å². The highest BCUT2D eigenvalue weighted by Gasteiger charge is 2.03. The number of aliphatic carboxylic acids is 1. The first-order valence-corrected chi connectivity index (χ1v) is 3.57. The first kappa shape index (κ1) is 9.40. The van der Waals surface area contributed by atoms with Gasteiger partial charge in [-0.1, -0.05) is 11.7 Å². The Bertz CT molecular complexity index is 294. The monoisotopic (exact) mass is 183 g/mol. The molecule has 0 saturated heterocycles. The molecule has 0 bridgehead atoms. The lowest BCUT2D eigenvalue weighted by atomic mass is 10.3. The molecule has 0 saturated carbocycles. The highest BCUT2D eigenvalue weighted by atomic mass is 16.5. The zero-order valence-corrected chi connectivity index (χ0v) is 6.86. The predicted octanol–water partition coefficient (Wildman–Crippen LogP) is -0.200. The van der Waals surface area contributed by atoms with Crippen LogP contribution in [0.1, 0.15) is 5.82 Å². The lowest BCUT2D eigenvalue weighted by Gasteiger charge is -1.99. The van der Waals surface area contributed by atoms with Gasteiger partial charge in [0.1, 0.15) is 0 Å². The van der Waals surface area contributed by atoms with Gasteiger partial charge in [-0.2, -0.15) is 4.98 Å². The van der Waals surface area contributed by atoms with Crippen LogP contribution in [0.15, 0.2) is 23.1 Å². The summed E-state index contributed by atoms with van der Waals surface area (Å²) >= 11 is 0. The zero-order valence-electron chi connectivity index (χ0n) is 6.86. The number of carbonyl (C=O) groups is 1. The van der Waals surface area contributed by atoms with E-state index in [0.717, 1.165) is 0 Å². The van der Waals surface area contributed by atoms with Crippen LogP contribution >= 0.6 is 0 Å². The fourth-order valence-electron chi connectivity index (χ4n) is 0.671. The van der Waals surface area contributed by atoms with Crippen LogP contribution in [0, 0.1) is 0 Å². The van der Waals surface area contributed by atoms with Crippen LogP contribution in [0.3, 0.4) is 0 Å². The first-order chi connectivity index (χ1) is 6.20. The maximum absolute atomic E-state index is 10.3. The second kappa shape index (κ2) is 4.36. The van der Waals surface area contributed by atoms with Crippen LogP contribution in [-0.2, 0) is 11.3 Å². The van der Waals surface area contributed by atoms with Gasteiger partial charge in [0.2, 0.25) is 6.39 Å². The van der Waals surface area contributed by atoms with Crippen LogP contribution in [0.4, 0.5) is 0 Å². The second-order valence-corrected chi connectivity index (χ2v) is 2.36. The highest BCUT2D eigenvalue weighted by Crippen LogP contribution is 1.90. The summed E-state index contributed by atoms with van der Waals surface area (Å²) in [6.45, 7) is 3.91. The van der Waals surface area contributed by atoms with E-state index in [1.807, 2.05) is 0 Å². The molecule has 0 aliphatic rings. The molecule has 70 valence electrons. The predicted molar refractivity (Wildman–Crippen MR) is 42.8 cm³/mol. The Kier molecular flexibility index (Phi) is 3.15. The van der Waals surface area contributed by atoms with Crippen molar-refractivity contribution in [2.75, 3.05) is 6.54 Å². The minimum Gasteiger partial charge on any atom is -0.478 e. The zero-order chi connectivity index (χ0) is 9.68. The molecule has 0 unspecified atom stereocenters. The SMILES string of the molecule is C=C(CNCc1ncon1)C(=O)O. The number of rotatable bonds is 5. The molecule has 0 aliphatic heterocycles. The molecule has 1 aromatic rings. The normalized spacial score (nSPS) is 9.85. The molecular formula is C7H9N3O3. The number of hydrogen-bond acceptors (Lipinski definition) is 5. The van der Waals surface area contributed by atoms with Gasteiger partial charge in [0.05, 0.1) is 6.54 Å². The van der Waals surface area contributed by atoms with Crippen molar-refractivity contribution < 1.29 is 14.4 Å². The fraction of sp³-hybridized carbons (Fsp3) is 0.286. The van der Waals surface area contributed by atoms with Crippen LogP contribution in [0.25, 0.3) is 0 Å². The quantitative estimate of drug-likeness (QED) is 0.614. The largest absolute Gasteiger partial charge is 0.478 e. The van der Waals surface area contributed by atoms with E-state index in [0.29, 0.717) is 12.4 Å². The first-order valence-electron chi connectivity index (χ1n) is 3.57. The molecule has 13 heavy (non-hydrogen) atoms. The van der Waals surface area contributed by atoms with Gasteiger partial charge in [-0.15, -0.1) is 0 Å². The molecule has 1 aromatic heterocycles. The highest BCUT2D eigenvalue weighted by molar-refractivity contribution is 5.86. The summed E-state index contributed by atoms with van der Waals surface area (Å²) in [5, 5.41) is 14.8. The summed E-state index contributed by atoms with van der Waals surface area (Å²) in [5.41, 5.74) is 0.100. The molecule has 0 radical (unpaired) electrons. The van der Waals surface area contributed by atoms with E-state index >= 15 is 0 Å². The average molecular weight is 183 g/mol. The summed E-state index contributed by atoms with van der Waals surface area (Å²) in [6.07, 6.45) is 1.21. The van der Waals surface area contributed by atoms with Crippen molar-refractivity contribution in [3.05, 3.63) is 24.4 Å². The van der Waals surface area contributed by atoms with Gasteiger partial charge in [0, 0.05) is 12.1 Å². The van der Waals surface area contributed by atoms with Gasteiger partial charge in [-0.05, 0) is 0 Å². The van der Waals surface area contributed by atoms with E-state index in [-0.39, 0.29) is 12.1 Å². The number of nitrogens with zero attached hydrogens (tertiary/aromatic N) is 2. The smallest absolute Gasteiger partial charge is 0.332 e. The second-order valence-electron chi connectivity index (χ2n) is 2.36. The molecule has 6 heteroatoms. The number of carboxylic acid groups (broad SMARTS) is 1. The Labute approximate surface area is 74.3 Å². The van der Waals surface area contributed by atoms with Crippen molar-refractivity contribution in [3.8, 4) is 0 Å². The van der Waals surface area contributed by atoms with Crippen LogP contribution in [0.5, 0.6) is 0 Å². The van der Waals surface area contributed by atoms with Gasteiger partial charge >= 0.3 is 5.97 Å². The number of aromatic nitrogens is 2. The molecule has 1 heterocycles. The van der Waals surface area contributed by atoms with E-state index in [2.05, 4.69) is 26.6 Å². The Morgan fingerprint density at radius 1 is 1.77 bits per heavy atom. The number of carboxylic acids is 1. The third-order valence-corrected chi connectivity index (χ3v) is 1.33. The van der Waals surface area contributed by atoms with E-state index in [4.69, 9.17) is 5.11 Å². The van der Waals surface area contributed by atoms with E-state index in [1.165, 1.54) is 6.39 Å². The summed E-state index contributed by atoms with van der Waals surface area (Å²) in [6, 6.07) is 0. The summed E-state index contributed by atoms with van der Waals surface area (Å²) < 4.78 is 4.48. The summed E-state index contributed by atoms with van der Waals surface area (Å²) in [5.74, 6) is -0.529. The molecular weight excluding hydrogens is 174 g/mol. The maximum Gasteiger partial charge on any atom is 0.332 e. The minimum absolute atomic E-state index is 0.100. The Morgan fingerprint density at radius 2 is 2.54 bits per heavy atom. The topological polar surface area (TPSA) is 88.3 Å². The van der Waals surface area contributed by atoms with Crippen LogP contribution < -0.4 is 5.32 Å². The van der Waals surface area contributed by atoms with E-state index < -0.39 is 5.97 Å². The maximum atomic E-state index is 10.3. The summed E-state index contributed by atoms with van der Waals surface area (Å²) in [4.78, 5) is 14.0. The lowest BCUT2D eigenvalue weighted by Crippen LogP contribution is -2.20. The van der Waals surface area contributed by atoms with Crippen molar-refractivity contribution in [3.63, 3.8) is 0 Å². The fourth-order valence-corrected chi connectivity index (χ4v) is 0.671. The van der Waals surface area contributed by atoms with Gasteiger partial charge in [-0.3, -0.25) is 0 Å². The molecule has 0 aliphatic carbocycles. The van der Waals surface area contributed by atoms with Crippen molar-refractivity contribution in [2.24, 2.45) is 0 Å². The Hall–Kier alpha value is -1.69. The molecule has 0 atom stereocenters. The van der Waals surface area contributed by atoms with Crippen molar-refractivity contribution in [1.29, 1.82) is 0 Å². The lowest BCUT2D eigenvalue weighted by molar-refractivity contribution is -0.132. The third kappa shape index (κ3) is 3.04. The Morgan fingerprint density at radius 3 is 3.08 bits per heavy atom. The van der Waals surface area contributed by atoms with Crippen molar-refractivity contribution >= 4 is 5.97 Å². The molecule has 2 N–H and O–H groups in total. The van der Waals surface area contributed by atoms with Gasteiger partial charge in [0.25, 0.3) is 0 Å². The van der Waals surface area contributed by atoms with E-state index in [9.17, 15) is 4.79 Å². The van der Waals surface area contributed by atoms with Gasteiger partial charge in [-0.25, -0.2) is 4.79 Å². The average Bonchev–Trinajstić information content (AvgIpc) is 2.56. The van der Waals surface area contributed by atoms with E-state index in [1.54, 1.807) is 0 Å².